The van der Waals surface area contributed by atoms with Crippen LogP contribution in [0.2, 0.25) is 0 Å². The molecule has 5 N–H and O–H groups in total. The Morgan fingerprint density at radius 1 is 0.966 bits per heavy atom. The second-order valence-electron chi connectivity index (χ2n) is 15.8. The lowest BCUT2D eigenvalue weighted by molar-refractivity contribution is -0.134. The summed E-state index contributed by atoms with van der Waals surface area (Å²) in [6.07, 6.45) is 15.7. The summed E-state index contributed by atoms with van der Waals surface area (Å²) in [7, 11) is -3.29. The van der Waals surface area contributed by atoms with Crippen molar-refractivity contribution < 1.29 is 47.7 Å². The van der Waals surface area contributed by atoms with Crippen molar-refractivity contribution >= 4 is 19.2 Å². The lowest BCUT2D eigenvalue weighted by Crippen LogP contribution is -2.49. The SMILES string of the molecule is CCCCCCCCCCCCCCCCCCOC[C@H](COP(=O)(O)O[C@@H](C)[C@@]1(C)O[C@@H](c2ccc3c(N)ncnn23)[C@H](O)[C@@H]1O)OCc1ccc(C#N)c(OC)c1. The standard InChI is InChI=1S/C43H68N5O10P/c1-5-6-7-8-9-10-11-12-13-14-15-16-17-18-19-20-25-54-29-35(55-28-33-21-22-34(27-44)38(26-33)53-4)30-56-59(51,52)58-32(2)43(3)41(50)39(49)40(57-43)36-23-24-37-42(45)46-31-47-48(36)37/h21-24,26,31-32,35,39-41,49-50H,5-20,25,28-30H2,1-4H3,(H,51,52)(H2,45,46,47)/t32-,35+,39-,40-,41-,43+/m0/s1. The summed E-state index contributed by atoms with van der Waals surface area (Å²) < 4.78 is 49.3. The van der Waals surface area contributed by atoms with Gasteiger partial charge in [0.15, 0.2) is 5.82 Å². The number of fused-ring (bicyclic) bond motifs is 1. The van der Waals surface area contributed by atoms with Gasteiger partial charge < -0.3 is 39.8 Å². The van der Waals surface area contributed by atoms with Crippen LogP contribution in [-0.2, 0) is 34.4 Å². The van der Waals surface area contributed by atoms with Crippen molar-refractivity contribution in [1.82, 2.24) is 14.6 Å². The van der Waals surface area contributed by atoms with E-state index in [1.165, 1.54) is 115 Å². The van der Waals surface area contributed by atoms with E-state index in [0.29, 0.717) is 29.1 Å². The van der Waals surface area contributed by atoms with Gasteiger partial charge in [0.05, 0.1) is 44.3 Å². The van der Waals surface area contributed by atoms with E-state index >= 15 is 0 Å². The van der Waals surface area contributed by atoms with Crippen LogP contribution < -0.4 is 10.5 Å². The first-order chi connectivity index (χ1) is 28.4. The Hall–Kier alpha value is -3.16. The maximum absolute atomic E-state index is 13.3. The van der Waals surface area contributed by atoms with Gasteiger partial charge in [-0.15, -0.1) is 0 Å². The molecule has 4 rings (SSSR count). The number of benzene rings is 1. The molecule has 3 aromatic rings. The second-order valence-corrected chi connectivity index (χ2v) is 17.2. The molecule has 3 heterocycles. The van der Waals surface area contributed by atoms with Gasteiger partial charge in [0.25, 0.3) is 0 Å². The highest BCUT2D eigenvalue weighted by atomic mass is 31.2. The monoisotopic (exact) mass is 845 g/mol. The fourth-order valence-electron chi connectivity index (χ4n) is 7.43. The molecule has 0 spiro atoms. The van der Waals surface area contributed by atoms with Gasteiger partial charge in [-0.25, -0.2) is 14.1 Å². The Morgan fingerprint density at radius 2 is 1.59 bits per heavy atom. The lowest BCUT2D eigenvalue weighted by Gasteiger charge is -2.34. The third-order valence-corrected chi connectivity index (χ3v) is 12.3. The number of phosphoric acid groups is 1. The molecule has 7 atom stereocenters. The van der Waals surface area contributed by atoms with E-state index in [1.807, 2.05) is 0 Å². The van der Waals surface area contributed by atoms with E-state index in [2.05, 4.69) is 23.1 Å². The zero-order valence-electron chi connectivity index (χ0n) is 35.5. The number of methoxy groups -OCH3 is 1. The van der Waals surface area contributed by atoms with E-state index < -0.39 is 43.9 Å². The molecule has 1 aliphatic heterocycles. The minimum absolute atomic E-state index is 0.0911. The summed E-state index contributed by atoms with van der Waals surface area (Å²) in [5, 5.41) is 35.7. The molecular formula is C43H68N5O10P. The highest BCUT2D eigenvalue weighted by molar-refractivity contribution is 7.47. The molecule has 59 heavy (non-hydrogen) atoms. The van der Waals surface area contributed by atoms with Gasteiger partial charge in [-0.1, -0.05) is 109 Å². The third-order valence-electron chi connectivity index (χ3n) is 11.2. The number of nitrogens with two attached hydrogens (primary N) is 1. The predicted molar refractivity (Wildman–Crippen MR) is 225 cm³/mol. The van der Waals surface area contributed by atoms with Gasteiger partial charge in [0.2, 0.25) is 0 Å². The molecule has 330 valence electrons. The summed E-state index contributed by atoms with van der Waals surface area (Å²) in [6, 6.07) is 10.5. The highest BCUT2D eigenvalue weighted by Crippen LogP contribution is 2.50. The topological polar surface area (TPSA) is 213 Å². The molecule has 0 amide bonds. The number of hydrogen-bond acceptors (Lipinski definition) is 13. The van der Waals surface area contributed by atoms with Crippen molar-refractivity contribution in [3.05, 3.63) is 53.5 Å². The molecule has 0 saturated carbocycles. The van der Waals surface area contributed by atoms with Crippen molar-refractivity contribution in [1.29, 1.82) is 5.26 Å². The van der Waals surface area contributed by atoms with E-state index in [0.717, 1.165) is 24.8 Å². The number of aromatic nitrogens is 3. The average Bonchev–Trinajstić information content (AvgIpc) is 3.76. The van der Waals surface area contributed by atoms with Gasteiger partial charge in [0.1, 0.15) is 53.7 Å². The number of hydrogen-bond donors (Lipinski definition) is 4. The molecule has 0 radical (unpaired) electrons. The largest absolute Gasteiger partial charge is 0.495 e. The van der Waals surface area contributed by atoms with Gasteiger partial charge in [-0.3, -0.25) is 9.05 Å². The molecule has 1 fully saturated rings. The highest BCUT2D eigenvalue weighted by Gasteiger charge is 2.57. The Balaban J connectivity index is 1.22. The first-order valence-corrected chi connectivity index (χ1v) is 23.0. The molecule has 16 heteroatoms. The molecule has 15 nitrogen and oxygen atoms in total. The zero-order valence-corrected chi connectivity index (χ0v) is 36.4. The van der Waals surface area contributed by atoms with Crippen molar-refractivity contribution in [2.24, 2.45) is 0 Å². The van der Waals surface area contributed by atoms with Crippen molar-refractivity contribution in [2.45, 2.75) is 166 Å². The van der Waals surface area contributed by atoms with Crippen LogP contribution in [-0.4, -0.2) is 86.7 Å². The number of nitriles is 1. The van der Waals surface area contributed by atoms with Crippen LogP contribution in [0.15, 0.2) is 36.7 Å². The number of aliphatic hydroxyl groups excluding tert-OH is 2. The summed E-state index contributed by atoms with van der Waals surface area (Å²) >= 11 is 0. The minimum atomic E-state index is -4.77. The number of phosphoric ester groups is 1. The number of nitrogen functional groups attached to an aromatic ring is 1. The number of rotatable bonds is 30. The van der Waals surface area contributed by atoms with E-state index in [4.69, 9.17) is 33.7 Å². The summed E-state index contributed by atoms with van der Waals surface area (Å²) in [6.45, 7) is 5.53. The number of unbranched alkanes of at least 4 members (excludes halogenated alkanes) is 15. The van der Waals surface area contributed by atoms with Gasteiger partial charge in [0, 0.05) is 6.61 Å². The molecule has 1 saturated heterocycles. The molecular weight excluding hydrogens is 777 g/mol. The predicted octanol–water partition coefficient (Wildman–Crippen LogP) is 8.13. The summed E-state index contributed by atoms with van der Waals surface area (Å²) in [5.41, 5.74) is 6.33. The first-order valence-electron chi connectivity index (χ1n) is 21.5. The molecule has 1 aliphatic rings. The third kappa shape index (κ3) is 14.8. The maximum Gasteiger partial charge on any atom is 0.472 e. The number of nitrogens with zero attached hydrogens (tertiary/aromatic N) is 4. The molecule has 0 aliphatic carbocycles. The quantitative estimate of drug-likeness (QED) is 0.0369. The Morgan fingerprint density at radius 3 is 2.20 bits per heavy atom. The van der Waals surface area contributed by atoms with E-state index in [1.54, 1.807) is 30.3 Å². The Labute approximate surface area is 350 Å². The van der Waals surface area contributed by atoms with Crippen molar-refractivity contribution in [2.75, 3.05) is 32.7 Å². The van der Waals surface area contributed by atoms with Gasteiger partial charge in [-0.05, 0) is 50.1 Å². The fraction of sp³-hybridized carbons (Fsp3) is 0.698. The van der Waals surface area contributed by atoms with E-state index in [9.17, 15) is 24.9 Å². The van der Waals surface area contributed by atoms with Crippen LogP contribution in [0.5, 0.6) is 5.75 Å². The van der Waals surface area contributed by atoms with Crippen LogP contribution in [0.3, 0.4) is 0 Å². The molecule has 1 aromatic carbocycles. The smallest absolute Gasteiger partial charge is 0.472 e. The molecule has 1 unspecified atom stereocenters. The Bertz CT molecular complexity index is 1770. The van der Waals surface area contributed by atoms with Crippen LogP contribution >= 0.6 is 7.82 Å². The molecule has 2 aromatic heterocycles. The van der Waals surface area contributed by atoms with Crippen LogP contribution in [0, 0.1) is 11.3 Å². The summed E-state index contributed by atoms with van der Waals surface area (Å²) in [5.74, 6) is 0.629. The van der Waals surface area contributed by atoms with Crippen molar-refractivity contribution in [3.63, 3.8) is 0 Å². The molecule has 0 bridgehead atoms. The number of anilines is 1. The number of ether oxygens (including phenoxy) is 4. The average molecular weight is 846 g/mol. The Kier molecular flexibility index (Phi) is 20.5. The second kappa shape index (κ2) is 24.9. The van der Waals surface area contributed by atoms with E-state index in [-0.39, 0.29) is 25.6 Å². The fourth-order valence-corrected chi connectivity index (χ4v) is 8.46. The minimum Gasteiger partial charge on any atom is -0.495 e. The van der Waals surface area contributed by atoms with Crippen LogP contribution in [0.4, 0.5) is 5.82 Å². The van der Waals surface area contributed by atoms with Gasteiger partial charge in [-0.2, -0.15) is 10.4 Å². The van der Waals surface area contributed by atoms with Crippen LogP contribution in [0.25, 0.3) is 5.52 Å². The zero-order chi connectivity index (χ0) is 42.7. The lowest BCUT2D eigenvalue weighted by atomic mass is 9.91. The van der Waals surface area contributed by atoms with Crippen molar-refractivity contribution in [3.8, 4) is 11.8 Å². The summed E-state index contributed by atoms with van der Waals surface area (Å²) in [4.78, 5) is 14.8. The maximum atomic E-state index is 13.3. The van der Waals surface area contributed by atoms with Gasteiger partial charge >= 0.3 is 7.82 Å². The van der Waals surface area contributed by atoms with Crippen LogP contribution in [0.1, 0.15) is 146 Å². The normalized spacial score (nSPS) is 21.4. The number of aliphatic hydroxyl groups is 2. The first kappa shape index (κ1) is 48.5.